The van der Waals surface area contributed by atoms with Crippen LogP contribution in [0.2, 0.25) is 0 Å². The lowest BCUT2D eigenvalue weighted by Crippen LogP contribution is -2.27. The molecule has 0 fully saturated rings. The summed E-state index contributed by atoms with van der Waals surface area (Å²) in [5.41, 5.74) is 7.92. The standard InChI is InChI=1S/C12H19N3O2/c1-15(2)11-5-4-9(8-10(11)13)12(16)14-6-7-17-3/h4-5,8H,6-7,13H2,1-3H3,(H,14,16). The van der Waals surface area contributed by atoms with Crippen molar-refractivity contribution in [3.8, 4) is 0 Å². The highest BCUT2D eigenvalue weighted by Crippen LogP contribution is 2.22. The van der Waals surface area contributed by atoms with Crippen LogP contribution in [0.15, 0.2) is 18.2 Å². The van der Waals surface area contributed by atoms with Crippen LogP contribution in [0.5, 0.6) is 0 Å². The van der Waals surface area contributed by atoms with E-state index in [4.69, 9.17) is 10.5 Å². The number of benzene rings is 1. The van der Waals surface area contributed by atoms with Gasteiger partial charge in [-0.25, -0.2) is 0 Å². The first-order chi connectivity index (χ1) is 8.06. The maximum Gasteiger partial charge on any atom is 0.251 e. The molecular formula is C12H19N3O2. The molecule has 0 aliphatic carbocycles. The van der Waals surface area contributed by atoms with Gasteiger partial charge in [-0.3, -0.25) is 4.79 Å². The van der Waals surface area contributed by atoms with E-state index in [2.05, 4.69) is 5.32 Å². The zero-order chi connectivity index (χ0) is 12.8. The number of anilines is 2. The topological polar surface area (TPSA) is 67.6 Å². The molecular weight excluding hydrogens is 218 g/mol. The van der Waals surface area contributed by atoms with Crippen molar-refractivity contribution < 1.29 is 9.53 Å². The monoisotopic (exact) mass is 237 g/mol. The van der Waals surface area contributed by atoms with Gasteiger partial charge in [0.1, 0.15) is 0 Å². The van der Waals surface area contributed by atoms with Crippen molar-refractivity contribution in [1.29, 1.82) is 0 Å². The second kappa shape index (κ2) is 6.10. The predicted molar refractivity (Wildman–Crippen MR) is 69.4 cm³/mol. The van der Waals surface area contributed by atoms with Gasteiger partial charge in [-0.05, 0) is 18.2 Å². The summed E-state index contributed by atoms with van der Waals surface area (Å²) in [6, 6.07) is 5.27. The molecule has 0 saturated carbocycles. The van der Waals surface area contributed by atoms with Gasteiger partial charge in [0.15, 0.2) is 0 Å². The van der Waals surface area contributed by atoms with Crippen molar-refractivity contribution in [1.82, 2.24) is 5.32 Å². The van der Waals surface area contributed by atoms with E-state index in [1.54, 1.807) is 19.2 Å². The highest BCUT2D eigenvalue weighted by atomic mass is 16.5. The Labute approximate surface area is 102 Å². The van der Waals surface area contributed by atoms with Crippen LogP contribution in [0.3, 0.4) is 0 Å². The zero-order valence-corrected chi connectivity index (χ0v) is 10.5. The maximum absolute atomic E-state index is 11.7. The number of hydrogen-bond donors (Lipinski definition) is 2. The Morgan fingerprint density at radius 3 is 2.71 bits per heavy atom. The average Bonchev–Trinajstić information content (AvgIpc) is 2.28. The van der Waals surface area contributed by atoms with Gasteiger partial charge in [0.05, 0.1) is 18.0 Å². The fourth-order valence-corrected chi connectivity index (χ4v) is 1.47. The van der Waals surface area contributed by atoms with Crippen molar-refractivity contribution in [2.45, 2.75) is 0 Å². The van der Waals surface area contributed by atoms with E-state index < -0.39 is 0 Å². The molecule has 3 N–H and O–H groups in total. The molecule has 0 bridgehead atoms. The molecule has 17 heavy (non-hydrogen) atoms. The molecule has 5 nitrogen and oxygen atoms in total. The minimum Gasteiger partial charge on any atom is -0.397 e. The SMILES string of the molecule is COCCNC(=O)c1ccc(N(C)C)c(N)c1. The summed E-state index contributed by atoms with van der Waals surface area (Å²) in [6.07, 6.45) is 0. The maximum atomic E-state index is 11.7. The molecule has 1 aromatic rings. The van der Waals surface area contributed by atoms with Gasteiger partial charge in [-0.15, -0.1) is 0 Å². The summed E-state index contributed by atoms with van der Waals surface area (Å²) in [5, 5.41) is 2.74. The summed E-state index contributed by atoms with van der Waals surface area (Å²) in [5.74, 6) is -0.140. The van der Waals surface area contributed by atoms with Crippen molar-refractivity contribution in [2.75, 3.05) is 45.0 Å². The highest BCUT2D eigenvalue weighted by molar-refractivity contribution is 5.96. The molecule has 0 aliphatic rings. The van der Waals surface area contributed by atoms with Crippen LogP contribution < -0.4 is 16.0 Å². The summed E-state index contributed by atoms with van der Waals surface area (Å²) in [7, 11) is 5.41. The minimum atomic E-state index is -0.140. The molecule has 0 atom stereocenters. The molecule has 0 aromatic heterocycles. The fraction of sp³-hybridized carbons (Fsp3) is 0.417. The van der Waals surface area contributed by atoms with Crippen LogP contribution in [-0.4, -0.2) is 40.3 Å². The lowest BCUT2D eigenvalue weighted by atomic mass is 10.1. The molecule has 1 aromatic carbocycles. The number of nitrogen functional groups attached to an aromatic ring is 1. The third-order valence-electron chi connectivity index (χ3n) is 2.36. The first kappa shape index (κ1) is 13.3. The number of nitrogens with zero attached hydrogens (tertiary/aromatic N) is 1. The Kier molecular flexibility index (Phi) is 4.78. The van der Waals surface area contributed by atoms with Crippen LogP contribution in [-0.2, 0) is 4.74 Å². The highest BCUT2D eigenvalue weighted by Gasteiger charge is 2.08. The lowest BCUT2D eigenvalue weighted by molar-refractivity contribution is 0.0937. The number of rotatable bonds is 5. The molecule has 0 radical (unpaired) electrons. The molecule has 0 spiro atoms. The smallest absolute Gasteiger partial charge is 0.251 e. The van der Waals surface area contributed by atoms with Gasteiger partial charge >= 0.3 is 0 Å². The number of amides is 1. The molecule has 1 rings (SSSR count). The van der Waals surface area contributed by atoms with E-state index in [1.807, 2.05) is 25.1 Å². The number of nitrogens with one attached hydrogen (secondary N) is 1. The number of ether oxygens (including phenoxy) is 1. The van der Waals surface area contributed by atoms with Gasteiger partial charge in [-0.1, -0.05) is 0 Å². The Morgan fingerprint density at radius 2 is 2.18 bits per heavy atom. The van der Waals surface area contributed by atoms with E-state index in [1.165, 1.54) is 0 Å². The molecule has 94 valence electrons. The molecule has 0 heterocycles. The number of carbonyl (C=O) groups is 1. The Bertz CT molecular complexity index is 391. The molecule has 0 aliphatic heterocycles. The van der Waals surface area contributed by atoms with Gasteiger partial charge in [0, 0.05) is 33.3 Å². The third-order valence-corrected chi connectivity index (χ3v) is 2.36. The molecule has 0 saturated heterocycles. The fourth-order valence-electron chi connectivity index (χ4n) is 1.47. The normalized spacial score (nSPS) is 10.1. The quantitative estimate of drug-likeness (QED) is 0.584. The largest absolute Gasteiger partial charge is 0.397 e. The van der Waals surface area contributed by atoms with Gasteiger partial charge in [-0.2, -0.15) is 0 Å². The number of methoxy groups -OCH3 is 1. The number of nitrogens with two attached hydrogens (primary N) is 1. The summed E-state index contributed by atoms with van der Waals surface area (Å²) >= 11 is 0. The van der Waals surface area contributed by atoms with Crippen molar-refractivity contribution >= 4 is 17.3 Å². The van der Waals surface area contributed by atoms with E-state index in [0.717, 1.165) is 5.69 Å². The molecule has 1 amide bonds. The predicted octanol–water partition coefficient (Wildman–Crippen LogP) is 0.711. The second-order valence-corrected chi connectivity index (χ2v) is 3.92. The van der Waals surface area contributed by atoms with E-state index in [0.29, 0.717) is 24.4 Å². The molecule has 5 heteroatoms. The Morgan fingerprint density at radius 1 is 1.47 bits per heavy atom. The van der Waals surface area contributed by atoms with E-state index in [-0.39, 0.29) is 5.91 Å². The summed E-state index contributed by atoms with van der Waals surface area (Å²) < 4.78 is 4.86. The Hall–Kier alpha value is -1.75. The van der Waals surface area contributed by atoms with E-state index >= 15 is 0 Å². The third kappa shape index (κ3) is 3.64. The van der Waals surface area contributed by atoms with Crippen LogP contribution in [0.25, 0.3) is 0 Å². The number of hydrogen-bond acceptors (Lipinski definition) is 4. The van der Waals surface area contributed by atoms with Gasteiger partial charge in [0.25, 0.3) is 5.91 Å². The Balaban J connectivity index is 2.72. The van der Waals surface area contributed by atoms with Crippen LogP contribution in [0.1, 0.15) is 10.4 Å². The van der Waals surface area contributed by atoms with Crippen LogP contribution >= 0.6 is 0 Å². The zero-order valence-electron chi connectivity index (χ0n) is 10.5. The minimum absolute atomic E-state index is 0.140. The lowest BCUT2D eigenvalue weighted by Gasteiger charge is -2.15. The van der Waals surface area contributed by atoms with Crippen LogP contribution in [0, 0.1) is 0 Å². The van der Waals surface area contributed by atoms with Gasteiger partial charge in [0.2, 0.25) is 0 Å². The summed E-state index contributed by atoms with van der Waals surface area (Å²) in [6.45, 7) is 0.988. The van der Waals surface area contributed by atoms with Crippen molar-refractivity contribution in [3.63, 3.8) is 0 Å². The van der Waals surface area contributed by atoms with Gasteiger partial charge < -0.3 is 20.7 Å². The first-order valence-electron chi connectivity index (χ1n) is 5.40. The van der Waals surface area contributed by atoms with Crippen LogP contribution in [0.4, 0.5) is 11.4 Å². The van der Waals surface area contributed by atoms with Crippen molar-refractivity contribution in [3.05, 3.63) is 23.8 Å². The first-order valence-corrected chi connectivity index (χ1v) is 5.40. The van der Waals surface area contributed by atoms with Crippen molar-refractivity contribution in [2.24, 2.45) is 0 Å². The average molecular weight is 237 g/mol. The van der Waals surface area contributed by atoms with E-state index in [9.17, 15) is 4.79 Å². The number of carbonyl (C=O) groups excluding carboxylic acids is 1. The second-order valence-electron chi connectivity index (χ2n) is 3.92. The summed E-state index contributed by atoms with van der Waals surface area (Å²) in [4.78, 5) is 13.6. The molecule has 0 unspecified atom stereocenters.